The third-order valence-electron chi connectivity index (χ3n) is 3.83. The SMILES string of the molecule is O=C(O)c1nn2cc(-c3ccc4ccccc4c3)[nH]c(=O)c2c1Cl. The third kappa shape index (κ3) is 2.16. The lowest BCUT2D eigenvalue weighted by Gasteiger charge is -2.05. The number of hydrogen-bond donors (Lipinski definition) is 2. The topological polar surface area (TPSA) is 87.5 Å². The van der Waals surface area contributed by atoms with Crippen LogP contribution in [0.25, 0.3) is 27.5 Å². The lowest BCUT2D eigenvalue weighted by Crippen LogP contribution is -2.11. The number of benzene rings is 2. The standard InChI is InChI=1S/C17H10ClN3O3/c18-13-14(17(23)24)20-21-8-12(19-16(22)15(13)21)11-6-5-9-3-1-2-4-10(9)7-11/h1-8H,(H,19,22)(H,23,24). The van der Waals surface area contributed by atoms with E-state index in [0.29, 0.717) is 5.69 Å². The fourth-order valence-electron chi connectivity index (χ4n) is 2.69. The van der Waals surface area contributed by atoms with Crippen LogP contribution in [0.1, 0.15) is 10.5 Å². The van der Waals surface area contributed by atoms with E-state index in [1.54, 1.807) is 6.20 Å². The maximum absolute atomic E-state index is 12.3. The van der Waals surface area contributed by atoms with Gasteiger partial charge in [-0.15, -0.1) is 0 Å². The molecule has 0 aliphatic carbocycles. The first-order chi connectivity index (χ1) is 11.5. The minimum atomic E-state index is -1.28. The first kappa shape index (κ1) is 14.5. The molecular formula is C17H10ClN3O3. The summed E-state index contributed by atoms with van der Waals surface area (Å²) in [5.74, 6) is -1.28. The van der Waals surface area contributed by atoms with E-state index in [0.717, 1.165) is 16.3 Å². The van der Waals surface area contributed by atoms with Crippen molar-refractivity contribution < 1.29 is 9.90 Å². The molecule has 0 bridgehead atoms. The molecule has 0 atom stereocenters. The van der Waals surface area contributed by atoms with Crippen molar-refractivity contribution in [3.63, 3.8) is 0 Å². The van der Waals surface area contributed by atoms with Crippen molar-refractivity contribution in [1.82, 2.24) is 14.6 Å². The Morgan fingerprint density at radius 1 is 1.17 bits per heavy atom. The molecule has 4 rings (SSSR count). The molecule has 2 aromatic heterocycles. The lowest BCUT2D eigenvalue weighted by molar-refractivity contribution is 0.0690. The van der Waals surface area contributed by atoms with Crippen molar-refractivity contribution in [3.8, 4) is 11.3 Å². The van der Waals surface area contributed by atoms with Gasteiger partial charge in [0, 0.05) is 5.56 Å². The molecule has 0 aliphatic rings. The lowest BCUT2D eigenvalue weighted by atomic mass is 10.1. The summed E-state index contributed by atoms with van der Waals surface area (Å²) in [5, 5.41) is 14.9. The molecule has 2 N–H and O–H groups in total. The number of carboxylic acids is 1. The van der Waals surface area contributed by atoms with Crippen molar-refractivity contribution >= 4 is 33.9 Å². The summed E-state index contributed by atoms with van der Waals surface area (Å²) in [4.78, 5) is 26.2. The van der Waals surface area contributed by atoms with Crippen molar-refractivity contribution in [3.05, 3.63) is 69.7 Å². The van der Waals surface area contributed by atoms with Gasteiger partial charge in [-0.05, 0) is 16.8 Å². The number of halogens is 1. The average molecular weight is 340 g/mol. The quantitative estimate of drug-likeness (QED) is 0.587. The van der Waals surface area contributed by atoms with Gasteiger partial charge in [0.15, 0.2) is 11.2 Å². The number of carbonyl (C=O) groups is 1. The number of hydrogen-bond acceptors (Lipinski definition) is 3. The summed E-state index contributed by atoms with van der Waals surface area (Å²) < 4.78 is 1.20. The van der Waals surface area contributed by atoms with Gasteiger partial charge in [-0.3, -0.25) is 4.79 Å². The monoisotopic (exact) mass is 339 g/mol. The Bertz CT molecular complexity index is 1180. The van der Waals surface area contributed by atoms with Crippen LogP contribution in [0, 0.1) is 0 Å². The van der Waals surface area contributed by atoms with Crippen molar-refractivity contribution in [2.45, 2.75) is 0 Å². The molecule has 0 amide bonds. The molecule has 7 heteroatoms. The second-order valence-corrected chi connectivity index (χ2v) is 5.70. The van der Waals surface area contributed by atoms with Gasteiger partial charge in [0.2, 0.25) is 0 Å². The average Bonchev–Trinajstić information content (AvgIpc) is 2.92. The predicted molar refractivity (Wildman–Crippen MR) is 90.7 cm³/mol. The molecule has 2 heterocycles. The first-order valence-electron chi connectivity index (χ1n) is 7.08. The van der Waals surface area contributed by atoms with E-state index in [4.69, 9.17) is 16.7 Å². The number of rotatable bonds is 2. The highest BCUT2D eigenvalue weighted by Gasteiger charge is 2.20. The van der Waals surface area contributed by atoms with E-state index in [1.165, 1.54) is 4.52 Å². The zero-order valence-electron chi connectivity index (χ0n) is 12.2. The Morgan fingerprint density at radius 2 is 1.92 bits per heavy atom. The Kier molecular flexibility index (Phi) is 3.14. The molecule has 24 heavy (non-hydrogen) atoms. The van der Waals surface area contributed by atoms with Crippen LogP contribution in [0.3, 0.4) is 0 Å². The van der Waals surface area contributed by atoms with Crippen LogP contribution >= 0.6 is 11.6 Å². The Morgan fingerprint density at radius 3 is 2.67 bits per heavy atom. The molecule has 0 aliphatic heterocycles. The van der Waals surface area contributed by atoms with Crippen LogP contribution in [-0.2, 0) is 0 Å². The van der Waals surface area contributed by atoms with Gasteiger partial charge in [0.1, 0.15) is 5.02 Å². The molecule has 118 valence electrons. The number of fused-ring (bicyclic) bond motifs is 2. The van der Waals surface area contributed by atoms with Crippen molar-refractivity contribution in [2.24, 2.45) is 0 Å². The van der Waals surface area contributed by atoms with E-state index in [2.05, 4.69) is 10.1 Å². The molecule has 0 radical (unpaired) electrons. The minimum Gasteiger partial charge on any atom is -0.476 e. The molecule has 0 unspecified atom stereocenters. The number of aromatic carboxylic acids is 1. The highest BCUT2D eigenvalue weighted by atomic mass is 35.5. The Balaban J connectivity index is 1.96. The highest BCUT2D eigenvalue weighted by molar-refractivity contribution is 6.36. The van der Waals surface area contributed by atoms with Gasteiger partial charge in [-0.25, -0.2) is 9.31 Å². The molecular weight excluding hydrogens is 330 g/mol. The molecule has 0 fully saturated rings. The largest absolute Gasteiger partial charge is 0.476 e. The molecule has 4 aromatic rings. The summed E-state index contributed by atoms with van der Waals surface area (Å²) in [6.07, 6.45) is 1.55. The summed E-state index contributed by atoms with van der Waals surface area (Å²) in [7, 11) is 0. The van der Waals surface area contributed by atoms with Gasteiger partial charge in [0.25, 0.3) is 5.56 Å². The fraction of sp³-hybridized carbons (Fsp3) is 0. The number of nitrogens with one attached hydrogen (secondary N) is 1. The third-order valence-corrected chi connectivity index (χ3v) is 4.19. The van der Waals surface area contributed by atoms with Crippen LogP contribution in [0.15, 0.2) is 53.5 Å². The number of H-pyrrole nitrogens is 1. The van der Waals surface area contributed by atoms with Gasteiger partial charge in [-0.2, -0.15) is 5.10 Å². The van der Waals surface area contributed by atoms with E-state index < -0.39 is 11.5 Å². The zero-order valence-corrected chi connectivity index (χ0v) is 12.9. The predicted octanol–water partition coefficient (Wildman–Crippen LogP) is 3.19. The highest BCUT2D eigenvalue weighted by Crippen LogP contribution is 2.24. The summed E-state index contributed by atoms with van der Waals surface area (Å²) >= 11 is 5.95. The summed E-state index contributed by atoms with van der Waals surface area (Å²) in [6, 6.07) is 13.6. The van der Waals surface area contributed by atoms with Crippen LogP contribution in [0.4, 0.5) is 0 Å². The minimum absolute atomic E-state index is 0.0126. The van der Waals surface area contributed by atoms with Crippen LogP contribution in [0.2, 0.25) is 5.02 Å². The Hall–Kier alpha value is -3.12. The summed E-state index contributed by atoms with van der Waals surface area (Å²) in [5.41, 5.74) is 0.479. The fourth-order valence-corrected chi connectivity index (χ4v) is 2.98. The molecule has 0 saturated heterocycles. The van der Waals surface area contributed by atoms with Gasteiger partial charge in [0.05, 0.1) is 11.9 Å². The zero-order chi connectivity index (χ0) is 16.8. The smallest absolute Gasteiger partial charge is 0.358 e. The van der Waals surface area contributed by atoms with Crippen molar-refractivity contribution in [1.29, 1.82) is 0 Å². The number of aromatic nitrogens is 3. The molecule has 0 spiro atoms. The van der Waals surface area contributed by atoms with Crippen LogP contribution < -0.4 is 5.56 Å². The molecule has 2 aromatic carbocycles. The number of carboxylic acid groups (broad SMARTS) is 1. The maximum atomic E-state index is 12.3. The maximum Gasteiger partial charge on any atom is 0.358 e. The molecule has 0 saturated carbocycles. The number of nitrogens with zero attached hydrogens (tertiary/aromatic N) is 2. The van der Waals surface area contributed by atoms with Crippen molar-refractivity contribution in [2.75, 3.05) is 0 Å². The van der Waals surface area contributed by atoms with E-state index in [9.17, 15) is 9.59 Å². The van der Waals surface area contributed by atoms with Gasteiger partial charge < -0.3 is 10.1 Å². The number of aromatic amines is 1. The van der Waals surface area contributed by atoms with Gasteiger partial charge >= 0.3 is 5.97 Å². The second-order valence-electron chi connectivity index (χ2n) is 5.32. The van der Waals surface area contributed by atoms with Gasteiger partial charge in [-0.1, -0.05) is 48.0 Å². The van der Waals surface area contributed by atoms with E-state index in [1.807, 2.05) is 42.5 Å². The summed E-state index contributed by atoms with van der Waals surface area (Å²) in [6.45, 7) is 0. The molecule has 6 nitrogen and oxygen atoms in total. The second kappa shape index (κ2) is 5.21. The first-order valence-corrected chi connectivity index (χ1v) is 7.46. The Labute approximate surface area is 139 Å². The van der Waals surface area contributed by atoms with Crippen LogP contribution in [0.5, 0.6) is 0 Å². The normalized spacial score (nSPS) is 11.2. The van der Waals surface area contributed by atoms with Crippen LogP contribution in [-0.4, -0.2) is 25.7 Å². The van der Waals surface area contributed by atoms with E-state index in [-0.39, 0.29) is 16.2 Å². The van der Waals surface area contributed by atoms with E-state index >= 15 is 0 Å².